The number of nitrogen functional groups attached to an aromatic ring is 1. The van der Waals surface area contributed by atoms with Crippen molar-refractivity contribution in [3.63, 3.8) is 0 Å². The van der Waals surface area contributed by atoms with Gasteiger partial charge >= 0.3 is 0 Å². The molecule has 0 spiro atoms. The van der Waals surface area contributed by atoms with Crippen LogP contribution >= 0.6 is 0 Å². The van der Waals surface area contributed by atoms with Gasteiger partial charge < -0.3 is 10.6 Å². The second kappa shape index (κ2) is 4.34. The van der Waals surface area contributed by atoms with Crippen LogP contribution in [0.25, 0.3) is 0 Å². The highest BCUT2D eigenvalue weighted by Crippen LogP contribution is 2.44. The lowest BCUT2D eigenvalue weighted by molar-refractivity contribution is 0.159. The SMILES string of the molecule is Nc1ccc(C2(CN3CCCC3)CCC2)cc1. The van der Waals surface area contributed by atoms with Crippen LogP contribution in [0.5, 0.6) is 0 Å². The maximum absolute atomic E-state index is 5.78. The Bertz CT molecular complexity index is 372. The van der Waals surface area contributed by atoms with E-state index in [1.54, 1.807) is 0 Å². The van der Waals surface area contributed by atoms with Crippen LogP contribution in [0.3, 0.4) is 0 Å². The normalized spacial score (nSPS) is 23.5. The molecule has 0 unspecified atom stereocenters. The molecule has 1 heterocycles. The number of anilines is 1. The Balaban J connectivity index is 1.78. The van der Waals surface area contributed by atoms with E-state index in [0.29, 0.717) is 5.41 Å². The first-order chi connectivity index (χ1) is 8.28. The van der Waals surface area contributed by atoms with Crippen LogP contribution in [-0.4, -0.2) is 24.5 Å². The van der Waals surface area contributed by atoms with Gasteiger partial charge in [0.05, 0.1) is 0 Å². The van der Waals surface area contributed by atoms with E-state index < -0.39 is 0 Å². The molecule has 17 heavy (non-hydrogen) atoms. The summed E-state index contributed by atoms with van der Waals surface area (Å²) in [5, 5.41) is 0. The maximum Gasteiger partial charge on any atom is 0.0314 e. The van der Waals surface area contributed by atoms with Gasteiger partial charge in [0.25, 0.3) is 0 Å². The number of likely N-dealkylation sites (tertiary alicyclic amines) is 1. The molecule has 2 N–H and O–H groups in total. The number of benzene rings is 1. The summed E-state index contributed by atoms with van der Waals surface area (Å²) >= 11 is 0. The molecule has 0 aromatic heterocycles. The molecule has 0 bridgehead atoms. The Morgan fingerprint density at radius 2 is 1.65 bits per heavy atom. The Morgan fingerprint density at radius 1 is 1.00 bits per heavy atom. The van der Waals surface area contributed by atoms with E-state index in [1.165, 1.54) is 57.3 Å². The van der Waals surface area contributed by atoms with Crippen molar-refractivity contribution in [2.45, 2.75) is 37.5 Å². The molecule has 1 aromatic rings. The van der Waals surface area contributed by atoms with E-state index in [-0.39, 0.29) is 0 Å². The molecule has 1 aliphatic heterocycles. The number of hydrogen-bond acceptors (Lipinski definition) is 2. The van der Waals surface area contributed by atoms with Crippen molar-refractivity contribution in [3.8, 4) is 0 Å². The quantitative estimate of drug-likeness (QED) is 0.809. The van der Waals surface area contributed by atoms with Crippen molar-refractivity contribution in [1.29, 1.82) is 0 Å². The lowest BCUT2D eigenvalue weighted by Gasteiger charge is -2.45. The first-order valence-electron chi connectivity index (χ1n) is 6.87. The second-order valence-corrected chi connectivity index (χ2v) is 5.74. The Kier molecular flexibility index (Phi) is 2.83. The van der Waals surface area contributed by atoms with E-state index in [0.717, 1.165) is 5.69 Å². The summed E-state index contributed by atoms with van der Waals surface area (Å²) in [6, 6.07) is 8.59. The molecular formula is C15H22N2. The molecule has 1 aliphatic carbocycles. The van der Waals surface area contributed by atoms with Gasteiger partial charge in [-0.15, -0.1) is 0 Å². The van der Waals surface area contributed by atoms with Crippen LogP contribution in [0.2, 0.25) is 0 Å². The number of nitrogens with zero attached hydrogens (tertiary/aromatic N) is 1. The topological polar surface area (TPSA) is 29.3 Å². The van der Waals surface area contributed by atoms with Gasteiger partial charge in [-0.25, -0.2) is 0 Å². The molecule has 0 atom stereocenters. The van der Waals surface area contributed by atoms with Crippen LogP contribution in [0.4, 0.5) is 5.69 Å². The van der Waals surface area contributed by atoms with Gasteiger partial charge in [0.2, 0.25) is 0 Å². The van der Waals surface area contributed by atoms with E-state index in [4.69, 9.17) is 5.73 Å². The van der Waals surface area contributed by atoms with Crippen LogP contribution in [0.15, 0.2) is 24.3 Å². The fourth-order valence-electron chi connectivity index (χ4n) is 3.35. The zero-order valence-corrected chi connectivity index (χ0v) is 10.5. The third-order valence-electron chi connectivity index (χ3n) is 4.56. The summed E-state index contributed by atoms with van der Waals surface area (Å²) in [7, 11) is 0. The largest absolute Gasteiger partial charge is 0.399 e. The maximum atomic E-state index is 5.78. The minimum atomic E-state index is 0.442. The fraction of sp³-hybridized carbons (Fsp3) is 0.600. The van der Waals surface area contributed by atoms with Gasteiger partial charge in [0.15, 0.2) is 0 Å². The van der Waals surface area contributed by atoms with Crippen molar-refractivity contribution >= 4 is 5.69 Å². The van der Waals surface area contributed by atoms with Gasteiger partial charge in [-0.3, -0.25) is 0 Å². The molecular weight excluding hydrogens is 208 g/mol. The zero-order chi connectivity index (χ0) is 11.7. The lowest BCUT2D eigenvalue weighted by atomic mass is 9.64. The van der Waals surface area contributed by atoms with E-state index in [1.807, 2.05) is 0 Å². The standard InChI is InChI=1S/C15H22N2/c16-14-6-4-13(5-7-14)15(8-3-9-15)12-17-10-1-2-11-17/h4-7H,1-3,8-12,16H2. The molecule has 3 rings (SSSR count). The highest BCUT2D eigenvalue weighted by molar-refractivity contribution is 5.42. The van der Waals surface area contributed by atoms with Crippen molar-refractivity contribution in [1.82, 2.24) is 4.90 Å². The summed E-state index contributed by atoms with van der Waals surface area (Å²) in [5.41, 5.74) is 8.61. The van der Waals surface area contributed by atoms with Gasteiger partial charge in [-0.1, -0.05) is 18.6 Å². The Labute approximate surface area is 104 Å². The Hall–Kier alpha value is -1.02. The smallest absolute Gasteiger partial charge is 0.0314 e. The first kappa shape index (κ1) is 11.1. The average molecular weight is 230 g/mol. The molecule has 2 heteroatoms. The van der Waals surface area contributed by atoms with Crippen molar-refractivity contribution in [2.75, 3.05) is 25.4 Å². The summed E-state index contributed by atoms with van der Waals surface area (Å²) in [5.74, 6) is 0. The molecule has 0 radical (unpaired) electrons. The number of rotatable bonds is 3. The highest BCUT2D eigenvalue weighted by atomic mass is 15.1. The van der Waals surface area contributed by atoms with Crippen molar-refractivity contribution in [2.24, 2.45) is 0 Å². The predicted octanol–water partition coefficient (Wildman–Crippen LogP) is 2.79. The second-order valence-electron chi connectivity index (χ2n) is 5.74. The summed E-state index contributed by atoms with van der Waals surface area (Å²) in [4.78, 5) is 2.65. The summed E-state index contributed by atoms with van der Waals surface area (Å²) < 4.78 is 0. The van der Waals surface area contributed by atoms with Crippen LogP contribution < -0.4 is 5.73 Å². The molecule has 2 fully saturated rings. The Morgan fingerprint density at radius 3 is 2.18 bits per heavy atom. The van der Waals surface area contributed by atoms with Crippen molar-refractivity contribution < 1.29 is 0 Å². The first-order valence-corrected chi connectivity index (χ1v) is 6.87. The van der Waals surface area contributed by atoms with Gasteiger partial charge in [-0.2, -0.15) is 0 Å². The van der Waals surface area contributed by atoms with Gasteiger partial charge in [0, 0.05) is 17.6 Å². The molecule has 0 amide bonds. The summed E-state index contributed by atoms with van der Waals surface area (Å²) in [6.07, 6.45) is 6.87. The minimum absolute atomic E-state index is 0.442. The van der Waals surface area contributed by atoms with Crippen molar-refractivity contribution in [3.05, 3.63) is 29.8 Å². The molecule has 1 aromatic carbocycles. The average Bonchev–Trinajstić information content (AvgIpc) is 2.77. The molecule has 92 valence electrons. The van der Waals surface area contributed by atoms with E-state index >= 15 is 0 Å². The monoisotopic (exact) mass is 230 g/mol. The summed E-state index contributed by atoms with van der Waals surface area (Å²) in [6.45, 7) is 3.87. The molecule has 2 nitrogen and oxygen atoms in total. The van der Waals surface area contributed by atoms with Crippen LogP contribution in [0, 0.1) is 0 Å². The molecule has 2 aliphatic rings. The van der Waals surface area contributed by atoms with Crippen LogP contribution in [0.1, 0.15) is 37.7 Å². The minimum Gasteiger partial charge on any atom is -0.399 e. The predicted molar refractivity (Wildman–Crippen MR) is 72.1 cm³/mol. The zero-order valence-electron chi connectivity index (χ0n) is 10.5. The van der Waals surface area contributed by atoms with Gasteiger partial charge in [0.1, 0.15) is 0 Å². The molecule has 1 saturated carbocycles. The number of nitrogens with two attached hydrogens (primary N) is 1. The highest BCUT2D eigenvalue weighted by Gasteiger charge is 2.40. The third-order valence-corrected chi connectivity index (χ3v) is 4.56. The van der Waals surface area contributed by atoms with Crippen LogP contribution in [-0.2, 0) is 5.41 Å². The van der Waals surface area contributed by atoms with Gasteiger partial charge in [-0.05, 0) is 56.5 Å². The van der Waals surface area contributed by atoms with E-state index in [9.17, 15) is 0 Å². The third kappa shape index (κ3) is 2.06. The molecule has 1 saturated heterocycles. The fourth-order valence-corrected chi connectivity index (χ4v) is 3.35. The van der Waals surface area contributed by atoms with E-state index in [2.05, 4.69) is 29.2 Å². The lowest BCUT2D eigenvalue weighted by Crippen LogP contribution is -2.44. The number of hydrogen-bond donors (Lipinski definition) is 1.